The highest BCUT2D eigenvalue weighted by Crippen LogP contribution is 2.14. The fourth-order valence-electron chi connectivity index (χ4n) is 1.09. The van der Waals surface area contributed by atoms with E-state index in [1.165, 1.54) is 0 Å². The molecule has 0 aromatic carbocycles. The summed E-state index contributed by atoms with van der Waals surface area (Å²) in [7, 11) is -1.21. The van der Waals surface area contributed by atoms with Gasteiger partial charge in [0.25, 0.3) is 0 Å². The first-order valence-corrected chi connectivity index (χ1v) is 6.45. The molecule has 1 atom stereocenters. The van der Waals surface area contributed by atoms with Crippen molar-refractivity contribution in [3.8, 4) is 0 Å². The van der Waals surface area contributed by atoms with Crippen LogP contribution >= 0.6 is 0 Å². The second-order valence-corrected chi connectivity index (χ2v) is 6.40. The van der Waals surface area contributed by atoms with Crippen molar-refractivity contribution in [2.45, 2.75) is 38.9 Å². The Hall–Kier alpha value is -1.03. The molecule has 1 rings (SSSR count). The van der Waals surface area contributed by atoms with Crippen LogP contribution in [0.3, 0.4) is 0 Å². The van der Waals surface area contributed by atoms with Gasteiger partial charge >= 0.3 is 0 Å². The lowest BCUT2D eigenvalue weighted by atomic mass is 10.1. The molecule has 0 fully saturated rings. The third kappa shape index (κ3) is 3.52. The van der Waals surface area contributed by atoms with Crippen molar-refractivity contribution in [1.29, 1.82) is 0 Å². The van der Waals surface area contributed by atoms with Gasteiger partial charge in [-0.25, -0.2) is 4.21 Å². The Morgan fingerprint density at radius 2 is 2.19 bits per heavy atom. The molecular formula is C12H18N2OS. The summed E-state index contributed by atoms with van der Waals surface area (Å²) in [6, 6.07) is 3.80. The molecule has 1 aromatic heterocycles. The summed E-state index contributed by atoms with van der Waals surface area (Å²) in [5.41, 5.74) is 1.80. The zero-order valence-electron chi connectivity index (χ0n) is 10.2. The van der Waals surface area contributed by atoms with Gasteiger partial charge in [-0.3, -0.25) is 4.98 Å². The summed E-state index contributed by atoms with van der Waals surface area (Å²) in [5, 5.41) is 0. The van der Waals surface area contributed by atoms with Crippen molar-refractivity contribution in [3.05, 3.63) is 30.1 Å². The molecular weight excluding hydrogens is 220 g/mol. The Bertz CT molecular complexity index is 393. The van der Waals surface area contributed by atoms with E-state index in [9.17, 15) is 4.21 Å². The lowest BCUT2D eigenvalue weighted by molar-refractivity contribution is 0.650. The van der Waals surface area contributed by atoms with Crippen LogP contribution in [0.5, 0.6) is 0 Å². The maximum atomic E-state index is 11.9. The third-order valence-electron chi connectivity index (χ3n) is 2.05. The molecule has 16 heavy (non-hydrogen) atoms. The first kappa shape index (κ1) is 13.0. The molecule has 1 unspecified atom stereocenters. The van der Waals surface area contributed by atoms with E-state index in [2.05, 4.69) is 9.38 Å². The Balaban J connectivity index is 3.00. The molecule has 0 aliphatic carbocycles. The van der Waals surface area contributed by atoms with Gasteiger partial charge in [0.05, 0.1) is 10.5 Å². The highest BCUT2D eigenvalue weighted by Gasteiger charge is 2.19. The lowest BCUT2D eigenvalue weighted by Gasteiger charge is -2.14. The van der Waals surface area contributed by atoms with Crippen molar-refractivity contribution in [2.24, 2.45) is 4.40 Å². The molecule has 88 valence electrons. The van der Waals surface area contributed by atoms with Crippen LogP contribution in [0, 0.1) is 0 Å². The van der Waals surface area contributed by atoms with Crippen LogP contribution in [-0.2, 0) is 11.0 Å². The smallest absolute Gasteiger partial charge is 0.145 e. The van der Waals surface area contributed by atoms with E-state index < -0.39 is 11.0 Å². The van der Waals surface area contributed by atoms with E-state index in [0.717, 1.165) is 17.7 Å². The highest BCUT2D eigenvalue weighted by atomic mass is 32.2. The standard InChI is InChI=1S/C12H18N2OS/c1-5-11(10-7-6-8-13-9-10)14-16(15)12(2,3)4/h6-9H,5H2,1-4H3. The molecule has 0 bridgehead atoms. The van der Waals surface area contributed by atoms with E-state index in [0.29, 0.717) is 0 Å². The van der Waals surface area contributed by atoms with Crippen LogP contribution < -0.4 is 0 Å². The quantitative estimate of drug-likeness (QED) is 0.760. The number of rotatable bonds is 3. The van der Waals surface area contributed by atoms with Crippen LogP contribution in [0.15, 0.2) is 28.9 Å². The van der Waals surface area contributed by atoms with Gasteiger partial charge in [0.1, 0.15) is 11.0 Å². The summed E-state index contributed by atoms with van der Waals surface area (Å²) in [4.78, 5) is 4.04. The molecule has 0 aliphatic heterocycles. The lowest BCUT2D eigenvalue weighted by Crippen LogP contribution is -2.21. The van der Waals surface area contributed by atoms with Gasteiger partial charge in [-0.2, -0.15) is 4.40 Å². The third-order valence-corrected chi connectivity index (χ3v) is 3.48. The van der Waals surface area contributed by atoms with Crippen molar-refractivity contribution in [1.82, 2.24) is 4.98 Å². The van der Waals surface area contributed by atoms with Crippen LogP contribution in [0.25, 0.3) is 0 Å². The predicted octanol–water partition coefficient (Wildman–Crippen LogP) is 2.74. The Morgan fingerprint density at radius 3 is 2.62 bits per heavy atom. The molecule has 0 saturated heterocycles. The van der Waals surface area contributed by atoms with Crippen molar-refractivity contribution >= 4 is 16.7 Å². The van der Waals surface area contributed by atoms with Gasteiger partial charge in [-0.15, -0.1) is 0 Å². The predicted molar refractivity (Wildman–Crippen MR) is 69.0 cm³/mol. The van der Waals surface area contributed by atoms with E-state index in [1.807, 2.05) is 39.8 Å². The Kier molecular flexibility index (Phi) is 4.35. The largest absolute Gasteiger partial charge is 0.264 e. The van der Waals surface area contributed by atoms with Gasteiger partial charge < -0.3 is 0 Å². The van der Waals surface area contributed by atoms with E-state index in [-0.39, 0.29) is 4.75 Å². The Morgan fingerprint density at radius 1 is 1.50 bits per heavy atom. The molecule has 0 saturated carbocycles. The average Bonchev–Trinajstić information content (AvgIpc) is 2.25. The van der Waals surface area contributed by atoms with Gasteiger partial charge in [0, 0.05) is 18.0 Å². The molecule has 0 amide bonds. The average molecular weight is 238 g/mol. The number of nitrogens with zero attached hydrogens (tertiary/aromatic N) is 2. The summed E-state index contributed by atoms with van der Waals surface area (Å²) in [6.07, 6.45) is 4.23. The monoisotopic (exact) mass is 238 g/mol. The van der Waals surface area contributed by atoms with Gasteiger partial charge in [-0.05, 0) is 33.3 Å². The minimum Gasteiger partial charge on any atom is -0.264 e. The highest BCUT2D eigenvalue weighted by molar-refractivity contribution is 7.85. The van der Waals surface area contributed by atoms with E-state index >= 15 is 0 Å². The summed E-state index contributed by atoms with van der Waals surface area (Å²) >= 11 is 0. The summed E-state index contributed by atoms with van der Waals surface area (Å²) in [5.74, 6) is 0. The van der Waals surface area contributed by atoms with E-state index in [1.54, 1.807) is 12.4 Å². The maximum absolute atomic E-state index is 11.9. The van der Waals surface area contributed by atoms with Gasteiger partial charge in [0.15, 0.2) is 0 Å². The van der Waals surface area contributed by atoms with Crippen LogP contribution in [0.2, 0.25) is 0 Å². The maximum Gasteiger partial charge on any atom is 0.145 e. The topological polar surface area (TPSA) is 42.3 Å². The van der Waals surface area contributed by atoms with Crippen molar-refractivity contribution in [3.63, 3.8) is 0 Å². The second-order valence-electron chi connectivity index (χ2n) is 4.49. The Labute approximate surface area is 99.6 Å². The minimum atomic E-state index is -1.21. The van der Waals surface area contributed by atoms with Crippen molar-refractivity contribution < 1.29 is 4.21 Å². The first-order chi connectivity index (χ1) is 7.45. The zero-order valence-corrected chi connectivity index (χ0v) is 11.0. The molecule has 0 aliphatic rings. The molecule has 1 aromatic rings. The molecule has 3 nitrogen and oxygen atoms in total. The number of hydrogen-bond donors (Lipinski definition) is 0. The first-order valence-electron chi connectivity index (χ1n) is 5.35. The number of pyridine rings is 1. The summed E-state index contributed by atoms with van der Waals surface area (Å²) < 4.78 is 15.9. The molecule has 0 N–H and O–H groups in total. The number of aromatic nitrogens is 1. The fourth-order valence-corrected chi connectivity index (χ4v) is 1.80. The van der Waals surface area contributed by atoms with Crippen LogP contribution in [0.1, 0.15) is 39.7 Å². The normalized spacial score (nSPS) is 14.9. The van der Waals surface area contributed by atoms with Crippen LogP contribution in [0.4, 0.5) is 0 Å². The minimum absolute atomic E-state index is 0.317. The molecule has 1 heterocycles. The number of hydrogen-bond acceptors (Lipinski definition) is 2. The SMILES string of the molecule is CCC(=NS(=O)C(C)(C)C)c1cccnc1. The van der Waals surface area contributed by atoms with Gasteiger partial charge in [-0.1, -0.05) is 13.0 Å². The van der Waals surface area contributed by atoms with Crippen molar-refractivity contribution in [2.75, 3.05) is 0 Å². The molecule has 4 heteroatoms. The molecule has 0 radical (unpaired) electrons. The molecule has 0 spiro atoms. The zero-order chi connectivity index (χ0) is 12.2. The van der Waals surface area contributed by atoms with E-state index in [4.69, 9.17) is 0 Å². The second kappa shape index (κ2) is 5.34. The van der Waals surface area contributed by atoms with Crippen LogP contribution in [-0.4, -0.2) is 19.7 Å². The fraction of sp³-hybridized carbons (Fsp3) is 0.500. The summed E-state index contributed by atoms with van der Waals surface area (Å²) in [6.45, 7) is 7.76. The van der Waals surface area contributed by atoms with Gasteiger partial charge in [0.2, 0.25) is 0 Å².